The number of amides is 1. The van der Waals surface area contributed by atoms with Gasteiger partial charge < -0.3 is 15.2 Å². The Balaban J connectivity index is 2.31. The highest BCUT2D eigenvalue weighted by Gasteiger charge is 2.36. The number of rotatable bonds is 3. The molecule has 1 aliphatic rings. The lowest BCUT2D eigenvalue weighted by Gasteiger charge is -2.28. The smallest absolute Gasteiger partial charge is 0.408 e. The second-order valence-corrected chi connectivity index (χ2v) is 4.16. The maximum atomic E-state index is 12.8. The predicted molar refractivity (Wildman–Crippen MR) is 53.9 cm³/mol. The Bertz CT molecular complexity index is 299. The average molecular weight is 251 g/mol. The van der Waals surface area contributed by atoms with Gasteiger partial charge in [0.05, 0.1) is 0 Å². The second kappa shape index (κ2) is 5.29. The van der Waals surface area contributed by atoms with E-state index in [1.807, 2.05) is 0 Å². The third-order valence-electron chi connectivity index (χ3n) is 2.64. The van der Waals surface area contributed by atoms with Crippen molar-refractivity contribution >= 4 is 12.1 Å². The van der Waals surface area contributed by atoms with Crippen LogP contribution in [0.4, 0.5) is 13.6 Å². The van der Waals surface area contributed by atoms with E-state index in [0.717, 1.165) is 0 Å². The van der Waals surface area contributed by atoms with Crippen LogP contribution in [0.25, 0.3) is 0 Å². The topological polar surface area (TPSA) is 75.6 Å². The molecule has 1 aliphatic carbocycles. The molecule has 1 saturated carbocycles. The number of carbonyl (C=O) groups excluding carboxylic acids is 1. The maximum absolute atomic E-state index is 12.8. The van der Waals surface area contributed by atoms with E-state index in [4.69, 9.17) is 9.84 Å². The number of carbonyl (C=O) groups is 2. The number of aliphatic carboxylic acids is 1. The molecule has 0 aromatic heterocycles. The summed E-state index contributed by atoms with van der Waals surface area (Å²) in [4.78, 5) is 21.6. The molecule has 0 aromatic carbocycles. The molecule has 0 radical (unpaired) electrons. The molecule has 0 aliphatic heterocycles. The van der Waals surface area contributed by atoms with Crippen LogP contribution in [0.15, 0.2) is 0 Å². The standard InChI is InChI=1S/C10H15F2NO4/c1-6(8(14)15)13-9(16)17-7-2-4-10(11,12)5-3-7/h6-7H,2-5H2,1H3,(H,13,16)(H,14,15). The molecule has 7 heteroatoms. The quantitative estimate of drug-likeness (QED) is 0.801. The normalized spacial score (nSPS) is 21.6. The number of hydrogen-bond donors (Lipinski definition) is 2. The fraction of sp³-hybridized carbons (Fsp3) is 0.800. The van der Waals surface area contributed by atoms with Crippen molar-refractivity contribution in [1.29, 1.82) is 0 Å². The summed E-state index contributed by atoms with van der Waals surface area (Å²) in [5.74, 6) is -3.86. The summed E-state index contributed by atoms with van der Waals surface area (Å²) in [6.45, 7) is 1.29. The monoisotopic (exact) mass is 251 g/mol. The minimum absolute atomic E-state index is 0.0991. The third kappa shape index (κ3) is 4.54. The lowest BCUT2D eigenvalue weighted by atomic mass is 9.94. The fourth-order valence-electron chi connectivity index (χ4n) is 1.56. The van der Waals surface area contributed by atoms with Crippen LogP contribution in [-0.2, 0) is 9.53 Å². The van der Waals surface area contributed by atoms with Gasteiger partial charge >= 0.3 is 12.1 Å². The van der Waals surface area contributed by atoms with Gasteiger partial charge in [-0.1, -0.05) is 0 Å². The molecule has 0 spiro atoms. The largest absolute Gasteiger partial charge is 0.480 e. The van der Waals surface area contributed by atoms with E-state index in [1.54, 1.807) is 0 Å². The Morgan fingerprint density at radius 1 is 1.41 bits per heavy atom. The summed E-state index contributed by atoms with van der Waals surface area (Å²) in [6, 6.07) is -1.06. The van der Waals surface area contributed by atoms with Crippen molar-refractivity contribution in [1.82, 2.24) is 5.32 Å². The lowest BCUT2D eigenvalue weighted by Crippen LogP contribution is -2.41. The maximum Gasteiger partial charge on any atom is 0.408 e. The van der Waals surface area contributed by atoms with Crippen LogP contribution in [0.2, 0.25) is 0 Å². The number of ether oxygens (including phenoxy) is 1. The average Bonchev–Trinajstić information content (AvgIpc) is 2.21. The van der Waals surface area contributed by atoms with Crippen molar-refractivity contribution in [2.24, 2.45) is 0 Å². The molecule has 1 atom stereocenters. The van der Waals surface area contributed by atoms with Gasteiger partial charge in [-0.2, -0.15) is 0 Å². The Hall–Kier alpha value is -1.40. The van der Waals surface area contributed by atoms with Crippen LogP contribution >= 0.6 is 0 Å². The first-order valence-corrected chi connectivity index (χ1v) is 5.38. The molecule has 1 fully saturated rings. The van der Waals surface area contributed by atoms with Crippen LogP contribution in [0.3, 0.4) is 0 Å². The molecule has 17 heavy (non-hydrogen) atoms. The number of carboxylic acids is 1. The molecular formula is C10H15F2NO4. The van der Waals surface area contributed by atoms with Crippen molar-refractivity contribution in [3.05, 3.63) is 0 Å². The number of hydrogen-bond acceptors (Lipinski definition) is 3. The third-order valence-corrected chi connectivity index (χ3v) is 2.64. The summed E-state index contributed by atoms with van der Waals surface area (Å²) in [7, 11) is 0. The number of halogens is 2. The lowest BCUT2D eigenvalue weighted by molar-refractivity contribution is -0.138. The van der Waals surface area contributed by atoms with Crippen molar-refractivity contribution < 1.29 is 28.2 Å². The van der Waals surface area contributed by atoms with E-state index in [2.05, 4.69) is 5.32 Å². The van der Waals surface area contributed by atoms with Crippen LogP contribution in [0, 0.1) is 0 Å². The summed E-state index contributed by atoms with van der Waals surface area (Å²) >= 11 is 0. The molecule has 1 amide bonds. The first-order valence-electron chi connectivity index (χ1n) is 5.38. The molecule has 98 valence electrons. The van der Waals surface area contributed by atoms with E-state index in [0.29, 0.717) is 0 Å². The van der Waals surface area contributed by atoms with Gasteiger partial charge in [0.1, 0.15) is 12.1 Å². The molecule has 1 unspecified atom stereocenters. The van der Waals surface area contributed by atoms with Crippen molar-refractivity contribution in [3.63, 3.8) is 0 Å². The molecule has 1 rings (SSSR count). The molecule has 0 saturated heterocycles. The summed E-state index contributed by atoms with van der Waals surface area (Å²) in [5, 5.41) is 10.6. The minimum Gasteiger partial charge on any atom is -0.480 e. The van der Waals surface area contributed by atoms with Gasteiger partial charge in [-0.05, 0) is 19.8 Å². The number of alkyl carbamates (subject to hydrolysis) is 1. The van der Waals surface area contributed by atoms with E-state index < -0.39 is 30.1 Å². The number of nitrogens with one attached hydrogen (secondary N) is 1. The van der Waals surface area contributed by atoms with Gasteiger partial charge in [-0.3, -0.25) is 4.79 Å². The Kier molecular flexibility index (Phi) is 4.25. The SMILES string of the molecule is CC(NC(=O)OC1CCC(F)(F)CC1)C(=O)O. The van der Waals surface area contributed by atoms with E-state index in [9.17, 15) is 18.4 Å². The van der Waals surface area contributed by atoms with Crippen LogP contribution in [0.5, 0.6) is 0 Å². The zero-order valence-corrected chi connectivity index (χ0v) is 9.41. The first-order chi connectivity index (χ1) is 7.80. The molecule has 5 nitrogen and oxygen atoms in total. The predicted octanol–water partition coefficient (Wildman–Crippen LogP) is 1.76. The fourth-order valence-corrected chi connectivity index (χ4v) is 1.56. The second-order valence-electron chi connectivity index (χ2n) is 4.16. The van der Waals surface area contributed by atoms with Gasteiger partial charge in [0.2, 0.25) is 5.92 Å². The summed E-state index contributed by atoms with van der Waals surface area (Å²) in [6.07, 6.45) is -1.85. The Morgan fingerprint density at radius 3 is 2.41 bits per heavy atom. The minimum atomic E-state index is -2.68. The van der Waals surface area contributed by atoms with Crippen molar-refractivity contribution in [3.8, 4) is 0 Å². The summed E-state index contributed by atoms with van der Waals surface area (Å²) < 4.78 is 30.5. The number of alkyl halides is 2. The van der Waals surface area contributed by atoms with E-state index in [1.165, 1.54) is 6.92 Å². The van der Waals surface area contributed by atoms with Gasteiger partial charge in [-0.25, -0.2) is 13.6 Å². The Labute approximate surface area is 97.1 Å². The zero-order valence-electron chi connectivity index (χ0n) is 9.41. The van der Waals surface area contributed by atoms with Gasteiger partial charge in [0, 0.05) is 12.8 Å². The Morgan fingerprint density at radius 2 is 1.94 bits per heavy atom. The van der Waals surface area contributed by atoms with Crippen LogP contribution < -0.4 is 5.32 Å². The highest BCUT2D eigenvalue weighted by Crippen LogP contribution is 2.34. The molecule has 0 bridgehead atoms. The van der Waals surface area contributed by atoms with E-state index in [-0.39, 0.29) is 25.7 Å². The molecule has 0 aromatic rings. The van der Waals surface area contributed by atoms with Crippen LogP contribution in [0.1, 0.15) is 32.6 Å². The van der Waals surface area contributed by atoms with Gasteiger partial charge in [0.25, 0.3) is 0 Å². The van der Waals surface area contributed by atoms with Gasteiger partial charge in [0.15, 0.2) is 0 Å². The highest BCUT2D eigenvalue weighted by molar-refractivity contribution is 5.79. The van der Waals surface area contributed by atoms with Crippen molar-refractivity contribution in [2.45, 2.75) is 50.7 Å². The first kappa shape index (κ1) is 13.7. The number of carboxylic acid groups (broad SMARTS) is 1. The molecular weight excluding hydrogens is 236 g/mol. The molecule has 2 N–H and O–H groups in total. The molecule has 0 heterocycles. The van der Waals surface area contributed by atoms with E-state index >= 15 is 0 Å². The highest BCUT2D eigenvalue weighted by atomic mass is 19.3. The summed E-state index contributed by atoms with van der Waals surface area (Å²) in [5.41, 5.74) is 0. The van der Waals surface area contributed by atoms with Crippen LogP contribution in [-0.4, -0.2) is 35.2 Å². The van der Waals surface area contributed by atoms with Crippen molar-refractivity contribution in [2.75, 3.05) is 0 Å². The zero-order chi connectivity index (χ0) is 13.1. The van der Waals surface area contributed by atoms with Gasteiger partial charge in [-0.15, -0.1) is 0 Å².